The van der Waals surface area contributed by atoms with Gasteiger partial charge in [-0.1, -0.05) is 26.7 Å². The van der Waals surface area contributed by atoms with Crippen molar-refractivity contribution in [1.82, 2.24) is 20.1 Å². The molecule has 3 unspecified atom stereocenters. The number of nitriles is 1. The first-order valence-electron chi connectivity index (χ1n) is 12.5. The summed E-state index contributed by atoms with van der Waals surface area (Å²) >= 11 is 0. The summed E-state index contributed by atoms with van der Waals surface area (Å²) in [5.74, 6) is -0.250. The zero-order chi connectivity index (χ0) is 24.7. The summed E-state index contributed by atoms with van der Waals surface area (Å²) in [7, 11) is 4.15. The van der Waals surface area contributed by atoms with E-state index in [9.17, 15) is 14.9 Å². The quantitative estimate of drug-likeness (QED) is 0.556. The van der Waals surface area contributed by atoms with Gasteiger partial charge in [-0.05, 0) is 76.5 Å². The van der Waals surface area contributed by atoms with Gasteiger partial charge in [-0.3, -0.25) is 9.59 Å². The van der Waals surface area contributed by atoms with E-state index in [1.165, 1.54) is 0 Å². The van der Waals surface area contributed by atoms with Crippen LogP contribution in [0.25, 0.3) is 10.9 Å². The van der Waals surface area contributed by atoms with Crippen molar-refractivity contribution in [2.24, 2.45) is 11.8 Å². The second-order valence-corrected chi connectivity index (χ2v) is 10.2. The monoisotopic (exact) mass is 465 g/mol. The van der Waals surface area contributed by atoms with Crippen LogP contribution in [0.5, 0.6) is 0 Å². The molecule has 1 fully saturated rings. The van der Waals surface area contributed by atoms with Crippen molar-refractivity contribution in [3.8, 4) is 6.07 Å². The maximum atomic E-state index is 13.1. The molecule has 0 bridgehead atoms. The number of hydrogen-bond donors (Lipinski definition) is 2. The van der Waals surface area contributed by atoms with Gasteiger partial charge >= 0.3 is 0 Å². The second-order valence-electron chi connectivity index (χ2n) is 10.2. The molecule has 2 amide bonds. The number of benzene rings is 1. The molecule has 7 heteroatoms. The lowest BCUT2D eigenvalue weighted by molar-refractivity contribution is -0.127. The smallest absolute Gasteiger partial charge is 0.251 e. The average Bonchev–Trinajstić information content (AvgIpc) is 3.20. The number of nitrogens with zero attached hydrogens (tertiary/aromatic N) is 3. The van der Waals surface area contributed by atoms with Gasteiger partial charge in [0.2, 0.25) is 5.91 Å². The predicted molar refractivity (Wildman–Crippen MR) is 135 cm³/mol. The van der Waals surface area contributed by atoms with Crippen LogP contribution in [0.2, 0.25) is 0 Å². The first-order chi connectivity index (χ1) is 16.3. The molecule has 2 aromatic rings. The van der Waals surface area contributed by atoms with Gasteiger partial charge in [0.25, 0.3) is 5.91 Å². The zero-order valence-electron chi connectivity index (χ0n) is 21.0. The number of nitrogens with one attached hydrogen (secondary N) is 2. The van der Waals surface area contributed by atoms with Crippen molar-refractivity contribution in [3.63, 3.8) is 0 Å². The van der Waals surface area contributed by atoms with E-state index in [0.29, 0.717) is 17.9 Å². The fourth-order valence-corrected chi connectivity index (χ4v) is 4.86. The minimum atomic E-state index is -0.491. The Morgan fingerprint density at radius 2 is 1.97 bits per heavy atom. The number of hydrogen-bond acceptors (Lipinski definition) is 4. The van der Waals surface area contributed by atoms with Gasteiger partial charge in [0.1, 0.15) is 6.04 Å². The van der Waals surface area contributed by atoms with E-state index in [1.54, 1.807) is 0 Å². The maximum Gasteiger partial charge on any atom is 0.251 e. The molecule has 0 spiro atoms. The van der Waals surface area contributed by atoms with Crippen LogP contribution in [0.1, 0.15) is 62.7 Å². The van der Waals surface area contributed by atoms with E-state index in [1.807, 2.05) is 32.0 Å². The average molecular weight is 466 g/mol. The van der Waals surface area contributed by atoms with E-state index in [2.05, 4.69) is 52.5 Å². The van der Waals surface area contributed by atoms with Crippen molar-refractivity contribution in [3.05, 3.63) is 36.0 Å². The molecule has 1 aromatic heterocycles. The molecule has 1 aliphatic rings. The number of fused-ring (bicyclic) bond motifs is 1. The zero-order valence-corrected chi connectivity index (χ0v) is 21.0. The number of carbonyl (C=O) groups excluding carboxylic acids is 2. The lowest BCUT2D eigenvalue weighted by Crippen LogP contribution is -2.50. The van der Waals surface area contributed by atoms with Crippen LogP contribution in [0, 0.1) is 23.2 Å². The minimum Gasteiger partial charge on any atom is -0.349 e. The normalized spacial score (nSPS) is 19.2. The Morgan fingerprint density at radius 1 is 1.21 bits per heavy atom. The highest BCUT2D eigenvalue weighted by Crippen LogP contribution is 2.26. The molecule has 0 saturated heterocycles. The molecule has 34 heavy (non-hydrogen) atoms. The van der Waals surface area contributed by atoms with E-state index in [0.717, 1.165) is 56.1 Å². The second kappa shape index (κ2) is 12.0. The van der Waals surface area contributed by atoms with Gasteiger partial charge in [-0.2, -0.15) is 5.26 Å². The highest BCUT2D eigenvalue weighted by atomic mass is 16.2. The molecule has 1 heterocycles. The van der Waals surface area contributed by atoms with Gasteiger partial charge in [-0.25, -0.2) is 0 Å². The Morgan fingerprint density at radius 3 is 2.68 bits per heavy atom. The van der Waals surface area contributed by atoms with Crippen molar-refractivity contribution in [1.29, 1.82) is 5.26 Å². The molecule has 1 saturated carbocycles. The largest absolute Gasteiger partial charge is 0.349 e. The van der Waals surface area contributed by atoms with Crippen LogP contribution in [-0.4, -0.2) is 54.0 Å². The summed E-state index contributed by atoms with van der Waals surface area (Å²) < 4.78 is 2.23. The van der Waals surface area contributed by atoms with Gasteiger partial charge in [0, 0.05) is 35.2 Å². The SMILES string of the molecule is CC(C)CC(C#N)NC(=O)C1CCCCC1NC(=O)c1ccc2c(ccn2CCCN(C)C)c1. The van der Waals surface area contributed by atoms with Crippen LogP contribution in [0.15, 0.2) is 30.5 Å². The third-order valence-corrected chi connectivity index (χ3v) is 6.64. The minimum absolute atomic E-state index is 0.123. The molecule has 3 atom stereocenters. The summed E-state index contributed by atoms with van der Waals surface area (Å²) in [6.45, 7) is 6.04. The van der Waals surface area contributed by atoms with Crippen molar-refractivity contribution in [2.75, 3.05) is 20.6 Å². The number of carbonyl (C=O) groups is 2. The molecule has 184 valence electrons. The van der Waals surface area contributed by atoms with E-state index in [4.69, 9.17) is 0 Å². The first kappa shape index (κ1) is 25.8. The molecular weight excluding hydrogens is 426 g/mol. The van der Waals surface area contributed by atoms with Gasteiger partial charge in [0.15, 0.2) is 0 Å². The molecule has 1 aliphatic carbocycles. The predicted octanol–water partition coefficient (Wildman–Crippen LogP) is 3.94. The van der Waals surface area contributed by atoms with Crippen molar-refractivity contribution in [2.45, 2.75) is 71.0 Å². The highest BCUT2D eigenvalue weighted by Gasteiger charge is 2.33. The summed E-state index contributed by atoms with van der Waals surface area (Å²) in [5.41, 5.74) is 1.73. The fraction of sp³-hybridized carbons (Fsp3) is 0.593. The Bertz CT molecular complexity index is 1020. The third-order valence-electron chi connectivity index (χ3n) is 6.64. The van der Waals surface area contributed by atoms with Crippen LogP contribution < -0.4 is 10.6 Å². The van der Waals surface area contributed by atoms with Crippen LogP contribution in [0.4, 0.5) is 0 Å². The van der Waals surface area contributed by atoms with Gasteiger partial charge in [-0.15, -0.1) is 0 Å². The van der Waals surface area contributed by atoms with Crippen molar-refractivity contribution < 1.29 is 9.59 Å². The molecular formula is C27H39N5O2. The summed E-state index contributed by atoms with van der Waals surface area (Å²) in [6.07, 6.45) is 7.21. The molecule has 7 nitrogen and oxygen atoms in total. The molecule has 1 aromatic carbocycles. The lowest BCUT2D eigenvalue weighted by atomic mass is 9.83. The van der Waals surface area contributed by atoms with Gasteiger partial charge in [0.05, 0.1) is 12.0 Å². The number of rotatable bonds is 10. The Hall–Kier alpha value is -2.85. The standard InChI is InChI=1S/C27H39N5O2/c1-19(2)16-22(18-28)29-27(34)23-8-5-6-9-24(23)30-26(33)21-10-11-25-20(17-21)12-15-32(25)14-7-13-31(3)4/h10-12,15,17,19,22-24H,5-9,13-14,16H2,1-4H3,(H,29,34)(H,30,33). The summed E-state index contributed by atoms with van der Waals surface area (Å²) in [5, 5.41) is 16.5. The Labute approximate surface area is 203 Å². The van der Waals surface area contributed by atoms with Crippen LogP contribution in [0.3, 0.4) is 0 Å². The Balaban J connectivity index is 1.65. The van der Waals surface area contributed by atoms with Gasteiger partial charge < -0.3 is 20.1 Å². The topological polar surface area (TPSA) is 90.2 Å². The number of aromatic nitrogens is 1. The molecule has 0 aliphatic heterocycles. The molecule has 2 N–H and O–H groups in total. The summed E-state index contributed by atoms with van der Waals surface area (Å²) in [4.78, 5) is 28.2. The first-order valence-corrected chi connectivity index (χ1v) is 12.5. The van der Waals surface area contributed by atoms with Crippen LogP contribution in [-0.2, 0) is 11.3 Å². The van der Waals surface area contributed by atoms with Crippen LogP contribution >= 0.6 is 0 Å². The summed E-state index contributed by atoms with van der Waals surface area (Å²) in [6, 6.07) is 9.35. The van der Waals surface area contributed by atoms with E-state index < -0.39 is 6.04 Å². The van der Waals surface area contributed by atoms with E-state index in [-0.39, 0.29) is 23.8 Å². The Kier molecular flexibility index (Phi) is 9.12. The maximum absolute atomic E-state index is 13.1. The number of aryl methyl sites for hydroxylation is 1. The molecule has 3 rings (SSSR count). The lowest BCUT2D eigenvalue weighted by Gasteiger charge is -2.32. The van der Waals surface area contributed by atoms with Crippen molar-refractivity contribution >= 4 is 22.7 Å². The molecule has 0 radical (unpaired) electrons. The van der Waals surface area contributed by atoms with E-state index >= 15 is 0 Å². The highest BCUT2D eigenvalue weighted by molar-refractivity contribution is 5.98. The third kappa shape index (κ3) is 6.83. The fourth-order valence-electron chi connectivity index (χ4n) is 4.86. The number of amides is 2.